The zero-order chi connectivity index (χ0) is 12.8. The standard InChI is InChI=1S/C13H26N4/c1-10(6-5-7-11(2)14)9-15-13-8-12(3)16-17(13)4/h8,10-11,15H,5-7,9,14H2,1-4H3. The summed E-state index contributed by atoms with van der Waals surface area (Å²) in [5, 5.41) is 7.75. The molecule has 4 heteroatoms. The van der Waals surface area contributed by atoms with Crippen LogP contribution in [0.4, 0.5) is 5.82 Å². The maximum absolute atomic E-state index is 5.74. The number of hydrogen-bond donors (Lipinski definition) is 2. The van der Waals surface area contributed by atoms with Gasteiger partial charge in [-0.25, -0.2) is 0 Å². The van der Waals surface area contributed by atoms with Crippen LogP contribution in [0.1, 0.15) is 38.8 Å². The van der Waals surface area contributed by atoms with Crippen molar-refractivity contribution in [3.63, 3.8) is 0 Å². The van der Waals surface area contributed by atoms with E-state index in [9.17, 15) is 0 Å². The van der Waals surface area contributed by atoms with Gasteiger partial charge in [0.15, 0.2) is 0 Å². The second-order valence-corrected chi connectivity index (χ2v) is 5.19. The first kappa shape index (κ1) is 14.0. The van der Waals surface area contributed by atoms with Crippen LogP contribution >= 0.6 is 0 Å². The molecule has 1 heterocycles. The van der Waals surface area contributed by atoms with Gasteiger partial charge in [-0.1, -0.05) is 13.3 Å². The summed E-state index contributed by atoms with van der Waals surface area (Å²) in [6.07, 6.45) is 3.56. The third kappa shape index (κ3) is 5.22. The first-order valence-electron chi connectivity index (χ1n) is 6.49. The van der Waals surface area contributed by atoms with E-state index >= 15 is 0 Å². The molecule has 4 nitrogen and oxygen atoms in total. The molecule has 0 amide bonds. The molecule has 17 heavy (non-hydrogen) atoms. The van der Waals surface area contributed by atoms with Crippen molar-refractivity contribution >= 4 is 5.82 Å². The zero-order valence-corrected chi connectivity index (χ0v) is 11.5. The highest BCUT2D eigenvalue weighted by molar-refractivity contribution is 5.36. The van der Waals surface area contributed by atoms with Gasteiger partial charge in [0.25, 0.3) is 0 Å². The Hall–Kier alpha value is -1.03. The average molecular weight is 238 g/mol. The van der Waals surface area contributed by atoms with Crippen LogP contribution in [0.3, 0.4) is 0 Å². The molecule has 0 fully saturated rings. The molecule has 0 saturated carbocycles. The molecule has 1 aromatic heterocycles. The number of nitrogens with zero attached hydrogens (tertiary/aromatic N) is 2. The SMILES string of the molecule is Cc1cc(NCC(C)CCCC(C)N)n(C)n1. The zero-order valence-electron chi connectivity index (χ0n) is 11.5. The Bertz CT molecular complexity index is 330. The van der Waals surface area contributed by atoms with Gasteiger partial charge in [-0.15, -0.1) is 0 Å². The summed E-state index contributed by atoms with van der Waals surface area (Å²) in [6, 6.07) is 2.41. The van der Waals surface area contributed by atoms with Crippen LogP contribution in [0, 0.1) is 12.8 Å². The van der Waals surface area contributed by atoms with Crippen LogP contribution in [0.15, 0.2) is 6.07 Å². The van der Waals surface area contributed by atoms with E-state index in [2.05, 4.69) is 30.3 Å². The predicted molar refractivity (Wildman–Crippen MR) is 73.1 cm³/mol. The molecule has 0 bridgehead atoms. The van der Waals surface area contributed by atoms with Crippen LogP contribution in [0.2, 0.25) is 0 Å². The van der Waals surface area contributed by atoms with Crippen molar-refractivity contribution in [1.29, 1.82) is 0 Å². The van der Waals surface area contributed by atoms with Gasteiger partial charge in [-0.2, -0.15) is 5.10 Å². The van der Waals surface area contributed by atoms with Gasteiger partial charge < -0.3 is 11.1 Å². The first-order chi connectivity index (χ1) is 7.99. The third-order valence-electron chi connectivity index (χ3n) is 2.99. The van der Waals surface area contributed by atoms with E-state index in [1.54, 1.807) is 0 Å². The number of nitrogens with one attached hydrogen (secondary N) is 1. The number of anilines is 1. The van der Waals surface area contributed by atoms with Crippen molar-refractivity contribution in [2.24, 2.45) is 18.7 Å². The molecule has 0 aromatic carbocycles. The van der Waals surface area contributed by atoms with Gasteiger partial charge in [-0.05, 0) is 32.6 Å². The van der Waals surface area contributed by atoms with E-state index in [1.807, 2.05) is 18.7 Å². The lowest BCUT2D eigenvalue weighted by atomic mass is 10.0. The molecule has 2 atom stereocenters. The fourth-order valence-electron chi connectivity index (χ4n) is 1.95. The van der Waals surface area contributed by atoms with Gasteiger partial charge in [0.2, 0.25) is 0 Å². The monoisotopic (exact) mass is 238 g/mol. The highest BCUT2D eigenvalue weighted by Gasteiger charge is 2.05. The Morgan fingerprint density at radius 2 is 2.12 bits per heavy atom. The number of aryl methyl sites for hydroxylation is 2. The van der Waals surface area contributed by atoms with E-state index < -0.39 is 0 Å². The fourth-order valence-corrected chi connectivity index (χ4v) is 1.95. The smallest absolute Gasteiger partial charge is 0.124 e. The Morgan fingerprint density at radius 3 is 2.65 bits per heavy atom. The number of rotatable bonds is 7. The molecule has 1 aromatic rings. The molecule has 0 aliphatic carbocycles. The van der Waals surface area contributed by atoms with Crippen LogP contribution in [-0.4, -0.2) is 22.4 Å². The molecule has 98 valence electrons. The summed E-state index contributed by atoms with van der Waals surface area (Å²) in [5.74, 6) is 1.77. The summed E-state index contributed by atoms with van der Waals surface area (Å²) < 4.78 is 1.89. The number of nitrogens with two attached hydrogens (primary N) is 1. The lowest BCUT2D eigenvalue weighted by Crippen LogP contribution is -2.17. The van der Waals surface area contributed by atoms with Gasteiger partial charge in [0, 0.05) is 25.7 Å². The van der Waals surface area contributed by atoms with E-state index in [4.69, 9.17) is 5.73 Å². The number of aromatic nitrogens is 2. The molecule has 0 aliphatic rings. The highest BCUT2D eigenvalue weighted by atomic mass is 15.3. The molecular formula is C13H26N4. The highest BCUT2D eigenvalue weighted by Crippen LogP contribution is 2.12. The normalized spacial score (nSPS) is 14.6. The second kappa shape index (κ2) is 6.64. The number of hydrogen-bond acceptors (Lipinski definition) is 3. The van der Waals surface area contributed by atoms with Crippen LogP contribution in [-0.2, 0) is 7.05 Å². The van der Waals surface area contributed by atoms with Crippen molar-refractivity contribution in [3.05, 3.63) is 11.8 Å². The van der Waals surface area contributed by atoms with Crippen LogP contribution in [0.5, 0.6) is 0 Å². The summed E-state index contributed by atoms with van der Waals surface area (Å²) in [5.41, 5.74) is 6.79. The van der Waals surface area contributed by atoms with E-state index in [0.717, 1.165) is 24.5 Å². The molecule has 0 aliphatic heterocycles. The van der Waals surface area contributed by atoms with Crippen molar-refractivity contribution in [3.8, 4) is 0 Å². The lowest BCUT2D eigenvalue weighted by molar-refractivity contribution is 0.495. The summed E-state index contributed by atoms with van der Waals surface area (Å²) in [4.78, 5) is 0. The third-order valence-corrected chi connectivity index (χ3v) is 2.99. The summed E-state index contributed by atoms with van der Waals surface area (Å²) in [6.45, 7) is 7.36. The van der Waals surface area contributed by atoms with Crippen molar-refractivity contribution < 1.29 is 0 Å². The molecule has 0 saturated heterocycles. The van der Waals surface area contributed by atoms with Gasteiger partial charge in [0.05, 0.1) is 5.69 Å². The van der Waals surface area contributed by atoms with E-state index in [0.29, 0.717) is 12.0 Å². The molecule has 2 unspecified atom stereocenters. The Kier molecular flexibility index (Phi) is 5.48. The predicted octanol–water partition coefficient (Wildman–Crippen LogP) is 2.29. The van der Waals surface area contributed by atoms with Gasteiger partial charge in [-0.3, -0.25) is 4.68 Å². The van der Waals surface area contributed by atoms with Gasteiger partial charge in [0.1, 0.15) is 5.82 Å². The minimum absolute atomic E-state index is 0.329. The van der Waals surface area contributed by atoms with E-state index in [1.165, 1.54) is 12.8 Å². The summed E-state index contributed by atoms with van der Waals surface area (Å²) >= 11 is 0. The van der Waals surface area contributed by atoms with Crippen molar-refractivity contribution in [1.82, 2.24) is 9.78 Å². The van der Waals surface area contributed by atoms with Crippen molar-refractivity contribution in [2.45, 2.75) is 46.1 Å². The topological polar surface area (TPSA) is 55.9 Å². The molecule has 0 radical (unpaired) electrons. The largest absolute Gasteiger partial charge is 0.370 e. The van der Waals surface area contributed by atoms with E-state index in [-0.39, 0.29) is 0 Å². The fraction of sp³-hybridized carbons (Fsp3) is 0.769. The minimum Gasteiger partial charge on any atom is -0.370 e. The first-order valence-corrected chi connectivity index (χ1v) is 6.49. The lowest BCUT2D eigenvalue weighted by Gasteiger charge is -2.14. The van der Waals surface area contributed by atoms with Crippen LogP contribution in [0.25, 0.3) is 0 Å². The molecular weight excluding hydrogens is 212 g/mol. The maximum atomic E-state index is 5.74. The molecule has 3 N–H and O–H groups in total. The quantitative estimate of drug-likeness (QED) is 0.766. The summed E-state index contributed by atoms with van der Waals surface area (Å²) in [7, 11) is 1.97. The van der Waals surface area contributed by atoms with Crippen molar-refractivity contribution in [2.75, 3.05) is 11.9 Å². The Balaban J connectivity index is 2.23. The molecule has 0 spiro atoms. The Morgan fingerprint density at radius 1 is 1.41 bits per heavy atom. The van der Waals surface area contributed by atoms with Gasteiger partial charge >= 0.3 is 0 Å². The minimum atomic E-state index is 0.329. The van der Waals surface area contributed by atoms with Crippen LogP contribution < -0.4 is 11.1 Å². The average Bonchev–Trinajstić information content (AvgIpc) is 2.54. The maximum Gasteiger partial charge on any atom is 0.124 e. The molecule has 1 rings (SSSR count). The second-order valence-electron chi connectivity index (χ2n) is 5.19. The Labute approximate surface area is 105 Å².